The third-order valence-electron chi connectivity index (χ3n) is 2.36. The highest BCUT2D eigenvalue weighted by atomic mass is 79.9. The molecular weight excluding hydrogens is 363 g/mol. The van der Waals surface area contributed by atoms with E-state index in [1.54, 1.807) is 6.07 Å². The number of amides is 1. The van der Waals surface area contributed by atoms with Crippen molar-refractivity contribution in [3.63, 3.8) is 0 Å². The SMILES string of the molecule is O=C(c1cc2sccc2s1)N(CCBr)CC(F)(F)F. The Morgan fingerprint density at radius 2 is 2.11 bits per heavy atom. The number of halogens is 4. The van der Waals surface area contributed by atoms with Crippen molar-refractivity contribution in [2.45, 2.75) is 6.18 Å². The monoisotopic (exact) mass is 371 g/mol. The largest absolute Gasteiger partial charge is 0.406 e. The molecule has 2 heterocycles. The Balaban J connectivity index is 2.21. The molecule has 2 nitrogen and oxygen atoms in total. The molecule has 0 radical (unpaired) electrons. The molecule has 0 aliphatic heterocycles. The summed E-state index contributed by atoms with van der Waals surface area (Å²) in [6, 6.07) is 3.52. The van der Waals surface area contributed by atoms with Gasteiger partial charge < -0.3 is 4.90 Å². The van der Waals surface area contributed by atoms with E-state index in [1.807, 2.05) is 11.4 Å². The van der Waals surface area contributed by atoms with E-state index in [4.69, 9.17) is 0 Å². The lowest BCUT2D eigenvalue weighted by molar-refractivity contribution is -0.140. The lowest BCUT2D eigenvalue weighted by Gasteiger charge is -2.22. The van der Waals surface area contributed by atoms with Crippen LogP contribution in [0.25, 0.3) is 9.40 Å². The number of thiophene rings is 2. The molecule has 0 spiro atoms. The Hall–Kier alpha value is -0.600. The first kappa shape index (κ1) is 14.8. The number of nitrogens with zero attached hydrogens (tertiary/aromatic N) is 1. The van der Waals surface area contributed by atoms with Gasteiger partial charge in [-0.3, -0.25) is 4.79 Å². The molecule has 0 N–H and O–H groups in total. The second-order valence-corrected chi connectivity index (χ2v) is 6.62. The van der Waals surface area contributed by atoms with E-state index in [0.717, 1.165) is 14.3 Å². The first-order chi connectivity index (χ1) is 8.90. The molecule has 0 unspecified atom stereocenters. The van der Waals surface area contributed by atoms with Gasteiger partial charge in [0.15, 0.2) is 0 Å². The highest BCUT2D eigenvalue weighted by Crippen LogP contribution is 2.31. The lowest BCUT2D eigenvalue weighted by atomic mass is 10.3. The van der Waals surface area contributed by atoms with Crippen LogP contribution in [-0.4, -0.2) is 35.4 Å². The standard InChI is InChI=1S/C11H9BrF3NOS2/c12-2-3-16(6-11(13,14)15)10(17)9-5-8-7(19-9)1-4-18-8/h1,4-5H,2-3,6H2. The summed E-state index contributed by atoms with van der Waals surface area (Å²) in [5, 5.41) is 2.20. The molecule has 1 amide bonds. The van der Waals surface area contributed by atoms with Crippen LogP contribution in [0.15, 0.2) is 17.5 Å². The zero-order valence-corrected chi connectivity index (χ0v) is 12.8. The highest BCUT2D eigenvalue weighted by Gasteiger charge is 2.33. The van der Waals surface area contributed by atoms with Gasteiger partial charge in [-0.15, -0.1) is 22.7 Å². The van der Waals surface area contributed by atoms with Crippen molar-refractivity contribution in [1.29, 1.82) is 0 Å². The Bertz CT molecular complexity index is 549. The smallest absolute Gasteiger partial charge is 0.328 e. The zero-order chi connectivity index (χ0) is 14.0. The number of alkyl halides is 4. The van der Waals surface area contributed by atoms with Gasteiger partial charge in [0.05, 0.1) is 4.88 Å². The molecule has 8 heteroatoms. The van der Waals surface area contributed by atoms with Crippen molar-refractivity contribution >= 4 is 53.9 Å². The predicted molar refractivity (Wildman–Crippen MR) is 75.5 cm³/mol. The highest BCUT2D eigenvalue weighted by molar-refractivity contribution is 9.09. The van der Waals surface area contributed by atoms with Gasteiger partial charge in [-0.25, -0.2) is 0 Å². The Morgan fingerprint density at radius 3 is 2.68 bits per heavy atom. The zero-order valence-electron chi connectivity index (χ0n) is 9.54. The maximum absolute atomic E-state index is 12.4. The molecule has 0 saturated heterocycles. The quantitative estimate of drug-likeness (QED) is 0.731. The molecule has 19 heavy (non-hydrogen) atoms. The van der Waals surface area contributed by atoms with Crippen LogP contribution in [-0.2, 0) is 0 Å². The fourth-order valence-electron chi connectivity index (χ4n) is 1.60. The van der Waals surface area contributed by atoms with E-state index in [9.17, 15) is 18.0 Å². The fourth-order valence-corrected chi connectivity index (χ4v) is 4.10. The van der Waals surface area contributed by atoms with E-state index >= 15 is 0 Å². The van der Waals surface area contributed by atoms with Gasteiger partial charge in [0, 0.05) is 21.3 Å². The number of rotatable bonds is 4. The predicted octanol–water partition coefficient (Wildman–Crippen LogP) is 4.36. The number of carbonyl (C=O) groups is 1. The summed E-state index contributed by atoms with van der Waals surface area (Å²) in [5.41, 5.74) is 0. The van der Waals surface area contributed by atoms with Crippen molar-refractivity contribution in [3.8, 4) is 0 Å². The second kappa shape index (κ2) is 5.80. The number of hydrogen-bond acceptors (Lipinski definition) is 3. The van der Waals surface area contributed by atoms with E-state index < -0.39 is 18.6 Å². The fraction of sp³-hybridized carbons (Fsp3) is 0.364. The average molecular weight is 372 g/mol. The van der Waals surface area contributed by atoms with Gasteiger partial charge in [0.2, 0.25) is 0 Å². The van der Waals surface area contributed by atoms with Crippen LogP contribution in [0.1, 0.15) is 9.67 Å². The van der Waals surface area contributed by atoms with Crippen LogP contribution >= 0.6 is 38.6 Å². The minimum atomic E-state index is -4.38. The van der Waals surface area contributed by atoms with Crippen LogP contribution in [0.3, 0.4) is 0 Å². The third-order valence-corrected chi connectivity index (χ3v) is 4.80. The molecule has 0 aliphatic rings. The molecule has 2 aromatic rings. The second-order valence-electron chi connectivity index (χ2n) is 3.79. The van der Waals surface area contributed by atoms with Gasteiger partial charge in [-0.2, -0.15) is 13.2 Å². The first-order valence-electron chi connectivity index (χ1n) is 5.30. The van der Waals surface area contributed by atoms with E-state index in [0.29, 0.717) is 10.2 Å². The third kappa shape index (κ3) is 3.70. The summed E-state index contributed by atoms with van der Waals surface area (Å²) in [6.07, 6.45) is -4.38. The number of carbonyl (C=O) groups excluding carboxylic acids is 1. The molecule has 2 rings (SSSR count). The molecule has 0 atom stereocenters. The normalized spacial score (nSPS) is 12.0. The molecule has 0 aliphatic carbocycles. The summed E-state index contributed by atoms with van der Waals surface area (Å²) in [6.45, 7) is -1.19. The summed E-state index contributed by atoms with van der Waals surface area (Å²) in [5.74, 6) is -0.565. The molecule has 0 fully saturated rings. The average Bonchev–Trinajstić information content (AvgIpc) is 2.85. The van der Waals surface area contributed by atoms with Crippen LogP contribution in [0, 0.1) is 0 Å². The van der Waals surface area contributed by atoms with Crippen LogP contribution < -0.4 is 0 Å². The molecule has 0 bridgehead atoms. The lowest BCUT2D eigenvalue weighted by Crippen LogP contribution is -2.39. The Labute approximate surface area is 124 Å². The maximum atomic E-state index is 12.4. The molecular formula is C11H9BrF3NOS2. The number of hydrogen-bond donors (Lipinski definition) is 0. The van der Waals surface area contributed by atoms with E-state index in [1.165, 1.54) is 22.7 Å². The van der Waals surface area contributed by atoms with Gasteiger partial charge in [0.25, 0.3) is 5.91 Å². The van der Waals surface area contributed by atoms with Crippen molar-refractivity contribution in [3.05, 3.63) is 22.4 Å². The topological polar surface area (TPSA) is 20.3 Å². The van der Waals surface area contributed by atoms with Crippen molar-refractivity contribution in [2.24, 2.45) is 0 Å². The van der Waals surface area contributed by atoms with Gasteiger partial charge in [0.1, 0.15) is 6.54 Å². The Kier molecular flexibility index (Phi) is 4.52. The van der Waals surface area contributed by atoms with E-state index in [-0.39, 0.29) is 6.54 Å². The molecule has 0 aromatic carbocycles. The molecule has 0 saturated carbocycles. The summed E-state index contributed by atoms with van der Waals surface area (Å²) in [4.78, 5) is 13.3. The first-order valence-corrected chi connectivity index (χ1v) is 8.11. The molecule has 2 aromatic heterocycles. The van der Waals surface area contributed by atoms with Gasteiger partial charge in [-0.05, 0) is 17.5 Å². The molecule has 104 valence electrons. The summed E-state index contributed by atoms with van der Waals surface area (Å²) >= 11 is 5.77. The van der Waals surface area contributed by atoms with Crippen molar-refractivity contribution < 1.29 is 18.0 Å². The van der Waals surface area contributed by atoms with Crippen LogP contribution in [0.4, 0.5) is 13.2 Å². The van der Waals surface area contributed by atoms with Gasteiger partial charge >= 0.3 is 6.18 Å². The van der Waals surface area contributed by atoms with Crippen LogP contribution in [0.2, 0.25) is 0 Å². The number of fused-ring (bicyclic) bond motifs is 1. The van der Waals surface area contributed by atoms with E-state index in [2.05, 4.69) is 15.9 Å². The maximum Gasteiger partial charge on any atom is 0.406 e. The van der Waals surface area contributed by atoms with Crippen molar-refractivity contribution in [2.75, 3.05) is 18.4 Å². The summed E-state index contributed by atoms with van der Waals surface area (Å²) in [7, 11) is 0. The van der Waals surface area contributed by atoms with Crippen LogP contribution in [0.5, 0.6) is 0 Å². The van der Waals surface area contributed by atoms with Gasteiger partial charge in [-0.1, -0.05) is 15.9 Å². The van der Waals surface area contributed by atoms with Crippen molar-refractivity contribution in [1.82, 2.24) is 4.90 Å². The Morgan fingerprint density at radius 1 is 1.37 bits per heavy atom. The summed E-state index contributed by atoms with van der Waals surface area (Å²) < 4.78 is 39.2. The minimum Gasteiger partial charge on any atom is -0.328 e. The minimum absolute atomic E-state index is 0.0316.